The molecule has 1 fully saturated rings. The first-order valence-electron chi connectivity index (χ1n) is 11.3. The average Bonchev–Trinajstić information content (AvgIpc) is 2.83. The van der Waals surface area contributed by atoms with Crippen LogP contribution in [0.5, 0.6) is 0 Å². The first kappa shape index (κ1) is 29.5. The van der Waals surface area contributed by atoms with Gasteiger partial charge < -0.3 is 0 Å². The second kappa shape index (κ2) is 10.3. The van der Waals surface area contributed by atoms with Crippen LogP contribution in [0.15, 0.2) is 53.4 Å². The van der Waals surface area contributed by atoms with Gasteiger partial charge in [0.15, 0.2) is 9.84 Å². The molecule has 0 saturated heterocycles. The number of carbonyl (C=O) groups excluding carboxylic acids is 1. The van der Waals surface area contributed by atoms with E-state index < -0.39 is 44.0 Å². The van der Waals surface area contributed by atoms with Crippen LogP contribution in [0, 0.1) is 23.1 Å². The van der Waals surface area contributed by atoms with Crippen molar-refractivity contribution >= 4 is 15.6 Å². The van der Waals surface area contributed by atoms with Gasteiger partial charge in [0, 0.05) is 12.0 Å². The molecule has 0 spiro atoms. The summed E-state index contributed by atoms with van der Waals surface area (Å²) in [5, 5.41) is 8.69. The Labute approximate surface area is 213 Å². The molecular formula is C25H21F8NO3S. The van der Waals surface area contributed by atoms with Crippen molar-refractivity contribution in [3.63, 3.8) is 0 Å². The Morgan fingerprint density at radius 3 is 1.84 bits per heavy atom. The predicted molar refractivity (Wildman–Crippen MR) is 118 cm³/mol. The fraction of sp³-hybridized carbons (Fsp3) is 0.440. The number of nitrogens with zero attached hydrogens (tertiary/aromatic N) is 1. The third kappa shape index (κ3) is 5.15. The number of ketones is 1. The van der Waals surface area contributed by atoms with Crippen LogP contribution >= 0.6 is 0 Å². The number of carbonyl (C=O) groups is 1. The lowest BCUT2D eigenvalue weighted by atomic mass is 9.75. The van der Waals surface area contributed by atoms with Crippen molar-refractivity contribution < 1.29 is 48.3 Å². The summed E-state index contributed by atoms with van der Waals surface area (Å²) in [5.41, 5.74) is -7.61. The molecule has 0 unspecified atom stereocenters. The molecule has 3 rings (SSSR count). The van der Waals surface area contributed by atoms with E-state index in [1.54, 1.807) is 6.07 Å². The van der Waals surface area contributed by atoms with Gasteiger partial charge in [0.25, 0.3) is 0 Å². The van der Waals surface area contributed by atoms with E-state index in [1.165, 1.54) is 0 Å². The third-order valence-electron chi connectivity index (χ3n) is 6.93. The van der Waals surface area contributed by atoms with Gasteiger partial charge in [-0.25, -0.2) is 17.2 Å². The van der Waals surface area contributed by atoms with Crippen LogP contribution < -0.4 is 0 Å². The number of hydrogen-bond acceptors (Lipinski definition) is 4. The Morgan fingerprint density at radius 1 is 0.895 bits per heavy atom. The lowest BCUT2D eigenvalue weighted by molar-refractivity contribution is -0.348. The summed E-state index contributed by atoms with van der Waals surface area (Å²) in [6.07, 6.45) is -13.1. The molecule has 0 bridgehead atoms. The van der Waals surface area contributed by atoms with Crippen molar-refractivity contribution in [1.29, 1.82) is 5.26 Å². The SMILES string of the molecule is N#CCC(=O)CC1CCC(c2ccc(C(F)(C(F)(F)F)C(F)(F)F)cc2)(S(=O)(=O)c2ccc(F)cc2)CC1. The summed E-state index contributed by atoms with van der Waals surface area (Å²) in [5.74, 6) is -1.39. The van der Waals surface area contributed by atoms with Crippen molar-refractivity contribution in [3.8, 4) is 6.07 Å². The highest BCUT2D eigenvalue weighted by Crippen LogP contribution is 2.54. The molecule has 0 aromatic heterocycles. The van der Waals surface area contributed by atoms with Crippen molar-refractivity contribution in [2.75, 3.05) is 0 Å². The number of alkyl halides is 7. The lowest BCUT2D eigenvalue weighted by Gasteiger charge is -2.40. The van der Waals surface area contributed by atoms with Crippen LogP contribution in [-0.2, 0) is 25.0 Å². The molecule has 13 heteroatoms. The Morgan fingerprint density at radius 2 is 1.39 bits per heavy atom. The highest BCUT2D eigenvalue weighted by molar-refractivity contribution is 7.92. The van der Waals surface area contributed by atoms with Gasteiger partial charge in [-0.3, -0.25) is 4.79 Å². The number of Topliss-reactive ketones (excluding diaryl/α,β-unsaturated/α-hetero) is 1. The van der Waals surface area contributed by atoms with E-state index in [2.05, 4.69) is 0 Å². The number of rotatable bonds is 7. The van der Waals surface area contributed by atoms with Gasteiger partial charge in [0.05, 0.1) is 17.4 Å². The Balaban J connectivity index is 2.09. The van der Waals surface area contributed by atoms with Gasteiger partial charge >= 0.3 is 18.0 Å². The van der Waals surface area contributed by atoms with E-state index in [0.717, 1.165) is 36.4 Å². The first-order valence-corrected chi connectivity index (χ1v) is 12.8. The number of hydrogen-bond donors (Lipinski definition) is 0. The van der Waals surface area contributed by atoms with Crippen molar-refractivity contribution in [1.82, 2.24) is 0 Å². The molecule has 38 heavy (non-hydrogen) atoms. The van der Waals surface area contributed by atoms with Crippen LogP contribution in [0.2, 0.25) is 0 Å². The smallest absolute Gasteiger partial charge is 0.299 e. The van der Waals surface area contributed by atoms with E-state index in [4.69, 9.17) is 5.26 Å². The molecule has 2 aromatic carbocycles. The fourth-order valence-corrected chi connectivity index (χ4v) is 7.04. The maximum Gasteiger partial charge on any atom is 0.435 e. The van der Waals surface area contributed by atoms with Crippen LogP contribution in [-0.4, -0.2) is 26.6 Å². The topological polar surface area (TPSA) is 75.0 Å². The lowest BCUT2D eigenvalue weighted by Crippen LogP contribution is -2.50. The molecule has 1 aliphatic carbocycles. The minimum absolute atomic E-state index is 0.000705. The van der Waals surface area contributed by atoms with Gasteiger partial charge in [0.2, 0.25) is 0 Å². The molecule has 0 atom stereocenters. The normalized spacial score (nSPS) is 21.1. The maximum absolute atomic E-state index is 14.5. The molecule has 4 nitrogen and oxygen atoms in total. The number of halogens is 8. The standard InChI is InChI=1S/C25H21F8NO3S/c26-19-5-7-21(8-6-19)38(36,37)22(12-9-16(10-13-22)15-20(35)11-14-34)17-1-3-18(4-2-17)23(27,24(28,29)30)25(31,32)33/h1-8,16H,9-13,15H2. The minimum atomic E-state index is -6.33. The number of sulfone groups is 1. The monoisotopic (exact) mass is 567 g/mol. The van der Waals surface area contributed by atoms with Crippen LogP contribution in [0.1, 0.15) is 49.7 Å². The second-order valence-electron chi connectivity index (χ2n) is 9.20. The minimum Gasteiger partial charge on any atom is -0.299 e. The Hall–Kier alpha value is -3.01. The zero-order chi connectivity index (χ0) is 28.6. The molecule has 1 saturated carbocycles. The van der Waals surface area contributed by atoms with Crippen LogP contribution in [0.3, 0.4) is 0 Å². The highest BCUT2D eigenvalue weighted by atomic mass is 32.2. The van der Waals surface area contributed by atoms with E-state index in [9.17, 15) is 48.3 Å². The summed E-state index contributed by atoms with van der Waals surface area (Å²) < 4.78 is 133. The van der Waals surface area contributed by atoms with Gasteiger partial charge in [-0.2, -0.15) is 31.6 Å². The molecule has 0 amide bonds. The molecular weight excluding hydrogens is 546 g/mol. The predicted octanol–water partition coefficient (Wildman–Crippen LogP) is 6.85. The van der Waals surface area contributed by atoms with Gasteiger partial charge in [-0.15, -0.1) is 0 Å². The average molecular weight is 567 g/mol. The molecule has 0 aliphatic heterocycles. The van der Waals surface area contributed by atoms with Gasteiger partial charge in [0.1, 0.15) is 16.3 Å². The summed E-state index contributed by atoms with van der Waals surface area (Å²) in [7, 11) is -4.40. The van der Waals surface area contributed by atoms with Gasteiger partial charge in [-0.05, 0) is 61.4 Å². The molecule has 1 aliphatic rings. The van der Waals surface area contributed by atoms with Crippen molar-refractivity contribution in [2.45, 2.75) is 66.2 Å². The Kier molecular flexibility index (Phi) is 7.99. The molecule has 0 heterocycles. The summed E-state index contributed by atoms with van der Waals surface area (Å²) >= 11 is 0. The maximum atomic E-state index is 14.5. The van der Waals surface area contributed by atoms with Crippen LogP contribution in [0.25, 0.3) is 0 Å². The summed E-state index contributed by atoms with van der Waals surface area (Å²) in [6, 6.07) is 7.46. The molecule has 0 N–H and O–H groups in total. The first-order chi connectivity index (χ1) is 17.5. The van der Waals surface area contributed by atoms with E-state index >= 15 is 0 Å². The van der Waals surface area contributed by atoms with Crippen molar-refractivity contribution in [2.24, 2.45) is 5.92 Å². The zero-order valence-electron chi connectivity index (χ0n) is 19.5. The summed E-state index contributed by atoms with van der Waals surface area (Å²) in [4.78, 5) is 11.6. The zero-order valence-corrected chi connectivity index (χ0v) is 20.4. The Bertz CT molecular complexity index is 1290. The quantitative estimate of drug-likeness (QED) is 0.271. The van der Waals surface area contributed by atoms with Gasteiger partial charge in [-0.1, -0.05) is 24.3 Å². The second-order valence-corrected chi connectivity index (χ2v) is 11.5. The molecule has 0 radical (unpaired) electrons. The van der Waals surface area contributed by atoms with Crippen LogP contribution in [0.4, 0.5) is 35.1 Å². The largest absolute Gasteiger partial charge is 0.435 e. The third-order valence-corrected chi connectivity index (χ3v) is 9.50. The molecule has 206 valence electrons. The van der Waals surface area contributed by atoms with E-state index in [-0.39, 0.29) is 72.8 Å². The molecule has 2 aromatic rings. The summed E-state index contributed by atoms with van der Waals surface area (Å²) in [6.45, 7) is 0. The number of nitriles is 1. The number of benzene rings is 2. The van der Waals surface area contributed by atoms with E-state index in [0.29, 0.717) is 0 Å². The fourth-order valence-electron chi connectivity index (χ4n) is 4.87. The highest BCUT2D eigenvalue weighted by Gasteiger charge is 2.73. The van der Waals surface area contributed by atoms with Crippen molar-refractivity contribution in [3.05, 3.63) is 65.5 Å². The van der Waals surface area contributed by atoms with E-state index in [1.807, 2.05) is 0 Å².